The zero-order valence-corrected chi connectivity index (χ0v) is 9.29. The Bertz CT molecular complexity index is 503. The summed E-state index contributed by atoms with van der Waals surface area (Å²) >= 11 is 0. The van der Waals surface area contributed by atoms with Gasteiger partial charge in [0.1, 0.15) is 11.6 Å². The molecular formula is C12H14FN3. The number of aromatic amines is 1. The van der Waals surface area contributed by atoms with Gasteiger partial charge in [-0.05, 0) is 29.7 Å². The van der Waals surface area contributed by atoms with Crippen molar-refractivity contribution in [3.05, 3.63) is 35.6 Å². The summed E-state index contributed by atoms with van der Waals surface area (Å²) in [6, 6.07) is 6.75. The average molecular weight is 219 g/mol. The summed E-state index contributed by atoms with van der Waals surface area (Å²) in [4.78, 5) is 0. The fourth-order valence-electron chi connectivity index (χ4n) is 1.64. The third-order valence-electron chi connectivity index (χ3n) is 2.53. The molecule has 0 aliphatic carbocycles. The molecule has 2 rings (SSSR count). The highest BCUT2D eigenvalue weighted by molar-refractivity contribution is 5.63. The largest absolute Gasteiger partial charge is 0.382 e. The van der Waals surface area contributed by atoms with Crippen LogP contribution in [0.4, 0.5) is 10.2 Å². The number of benzene rings is 1. The lowest BCUT2D eigenvalue weighted by atomic mass is 9.99. The van der Waals surface area contributed by atoms with E-state index in [4.69, 9.17) is 5.73 Å². The van der Waals surface area contributed by atoms with E-state index < -0.39 is 0 Å². The number of rotatable bonds is 2. The topological polar surface area (TPSA) is 54.7 Å². The molecule has 1 aromatic heterocycles. The molecule has 16 heavy (non-hydrogen) atoms. The highest BCUT2D eigenvalue weighted by atomic mass is 19.1. The van der Waals surface area contributed by atoms with Gasteiger partial charge in [0.15, 0.2) is 0 Å². The lowest BCUT2D eigenvalue weighted by Crippen LogP contribution is -1.93. The van der Waals surface area contributed by atoms with E-state index in [0.717, 1.165) is 11.3 Å². The van der Waals surface area contributed by atoms with Crippen LogP contribution in [-0.2, 0) is 0 Å². The third kappa shape index (κ3) is 1.91. The van der Waals surface area contributed by atoms with Crippen LogP contribution in [0.25, 0.3) is 11.3 Å². The summed E-state index contributed by atoms with van der Waals surface area (Å²) in [7, 11) is 0. The molecule has 2 aromatic rings. The minimum Gasteiger partial charge on any atom is -0.382 e. The maximum absolute atomic E-state index is 13.5. The van der Waals surface area contributed by atoms with Gasteiger partial charge < -0.3 is 5.73 Å². The number of hydrogen-bond acceptors (Lipinski definition) is 2. The predicted octanol–water partition coefficient (Wildman–Crippen LogP) is 2.92. The number of halogens is 1. The van der Waals surface area contributed by atoms with Crippen LogP contribution < -0.4 is 5.73 Å². The Morgan fingerprint density at radius 2 is 2.06 bits per heavy atom. The van der Waals surface area contributed by atoms with E-state index in [1.807, 2.05) is 19.9 Å². The molecule has 0 aliphatic heterocycles. The first-order chi connectivity index (χ1) is 7.58. The molecule has 0 amide bonds. The number of hydrogen-bond donors (Lipinski definition) is 2. The second-order valence-electron chi connectivity index (χ2n) is 4.10. The molecule has 4 heteroatoms. The summed E-state index contributed by atoms with van der Waals surface area (Å²) in [5.74, 6) is 0.414. The highest BCUT2D eigenvalue weighted by Crippen LogP contribution is 2.25. The van der Waals surface area contributed by atoms with E-state index in [2.05, 4.69) is 10.2 Å². The van der Waals surface area contributed by atoms with Crippen molar-refractivity contribution in [3.8, 4) is 11.3 Å². The molecule has 0 atom stereocenters. The van der Waals surface area contributed by atoms with Crippen molar-refractivity contribution < 1.29 is 4.39 Å². The molecule has 84 valence electrons. The maximum atomic E-state index is 13.5. The van der Waals surface area contributed by atoms with Crippen molar-refractivity contribution in [3.63, 3.8) is 0 Å². The summed E-state index contributed by atoms with van der Waals surface area (Å²) < 4.78 is 13.5. The second kappa shape index (κ2) is 3.96. The molecule has 3 N–H and O–H groups in total. The van der Waals surface area contributed by atoms with Crippen LogP contribution in [0.3, 0.4) is 0 Å². The minimum absolute atomic E-state index is 0.153. The molecule has 0 bridgehead atoms. The smallest absolute Gasteiger partial charge is 0.145 e. The van der Waals surface area contributed by atoms with E-state index in [0.29, 0.717) is 11.4 Å². The number of nitrogens with one attached hydrogen (secondary N) is 1. The Balaban J connectivity index is 2.47. The van der Waals surface area contributed by atoms with Crippen molar-refractivity contribution in [2.45, 2.75) is 19.8 Å². The standard InChI is InChI=1S/C12H14FN3/c1-7(2)9-5-8(3-4-10(9)13)11-6-12(14)16-15-11/h3-7H,1-2H3,(H3,14,15,16). The molecule has 0 fully saturated rings. The quantitative estimate of drug-likeness (QED) is 0.815. The number of anilines is 1. The van der Waals surface area contributed by atoms with Gasteiger partial charge in [-0.2, -0.15) is 5.10 Å². The lowest BCUT2D eigenvalue weighted by Gasteiger charge is -2.08. The molecule has 0 saturated carbocycles. The van der Waals surface area contributed by atoms with Crippen molar-refractivity contribution in [2.24, 2.45) is 0 Å². The van der Waals surface area contributed by atoms with Gasteiger partial charge in [-0.25, -0.2) is 4.39 Å². The van der Waals surface area contributed by atoms with E-state index >= 15 is 0 Å². The Hall–Kier alpha value is -1.84. The van der Waals surface area contributed by atoms with Gasteiger partial charge in [-0.1, -0.05) is 13.8 Å². The van der Waals surface area contributed by atoms with Crippen LogP contribution >= 0.6 is 0 Å². The summed E-state index contributed by atoms with van der Waals surface area (Å²) in [5, 5.41) is 6.66. The fraction of sp³-hybridized carbons (Fsp3) is 0.250. The van der Waals surface area contributed by atoms with Crippen LogP contribution in [0.15, 0.2) is 24.3 Å². The van der Waals surface area contributed by atoms with Gasteiger partial charge in [0, 0.05) is 11.6 Å². The first-order valence-electron chi connectivity index (χ1n) is 5.18. The van der Waals surface area contributed by atoms with Crippen LogP contribution in [-0.4, -0.2) is 10.2 Å². The number of H-pyrrole nitrogens is 1. The van der Waals surface area contributed by atoms with Crippen molar-refractivity contribution >= 4 is 5.82 Å². The summed E-state index contributed by atoms with van der Waals surface area (Å²) in [6.45, 7) is 3.92. The Kier molecular flexibility index (Phi) is 2.64. The SMILES string of the molecule is CC(C)c1cc(-c2cc(N)n[nH]2)ccc1F. The molecule has 3 nitrogen and oxygen atoms in total. The van der Waals surface area contributed by atoms with Crippen molar-refractivity contribution in [1.82, 2.24) is 10.2 Å². The van der Waals surface area contributed by atoms with Crippen LogP contribution in [0, 0.1) is 5.82 Å². The second-order valence-corrected chi connectivity index (χ2v) is 4.10. The molecule has 0 radical (unpaired) electrons. The molecule has 0 spiro atoms. The highest BCUT2D eigenvalue weighted by Gasteiger charge is 2.09. The van der Waals surface area contributed by atoms with Crippen molar-refractivity contribution in [2.75, 3.05) is 5.73 Å². The molecule has 0 unspecified atom stereocenters. The zero-order valence-electron chi connectivity index (χ0n) is 9.29. The van der Waals surface area contributed by atoms with Gasteiger partial charge >= 0.3 is 0 Å². The Labute approximate surface area is 93.5 Å². The van der Waals surface area contributed by atoms with Gasteiger partial charge in [0.25, 0.3) is 0 Å². The number of nitrogens with two attached hydrogens (primary N) is 1. The third-order valence-corrected chi connectivity index (χ3v) is 2.53. The summed E-state index contributed by atoms with van der Waals surface area (Å²) in [5.41, 5.74) is 7.93. The van der Waals surface area contributed by atoms with E-state index in [-0.39, 0.29) is 11.7 Å². The first-order valence-corrected chi connectivity index (χ1v) is 5.18. The van der Waals surface area contributed by atoms with E-state index in [1.165, 1.54) is 6.07 Å². The zero-order chi connectivity index (χ0) is 11.7. The molecule has 0 aliphatic rings. The molecular weight excluding hydrogens is 205 g/mol. The predicted molar refractivity (Wildman–Crippen MR) is 62.5 cm³/mol. The van der Waals surface area contributed by atoms with E-state index in [1.54, 1.807) is 12.1 Å². The Morgan fingerprint density at radius 3 is 2.62 bits per heavy atom. The van der Waals surface area contributed by atoms with E-state index in [9.17, 15) is 4.39 Å². The maximum Gasteiger partial charge on any atom is 0.145 e. The summed E-state index contributed by atoms with van der Waals surface area (Å²) in [6.07, 6.45) is 0. The molecule has 1 heterocycles. The minimum atomic E-state index is -0.175. The number of nitrogens with zero attached hydrogens (tertiary/aromatic N) is 1. The van der Waals surface area contributed by atoms with Gasteiger partial charge in [0.05, 0.1) is 5.69 Å². The van der Waals surface area contributed by atoms with Gasteiger partial charge in [0.2, 0.25) is 0 Å². The van der Waals surface area contributed by atoms with Gasteiger partial charge in [-0.3, -0.25) is 5.10 Å². The average Bonchev–Trinajstić information content (AvgIpc) is 2.65. The van der Waals surface area contributed by atoms with Gasteiger partial charge in [-0.15, -0.1) is 0 Å². The van der Waals surface area contributed by atoms with Crippen LogP contribution in [0.2, 0.25) is 0 Å². The monoisotopic (exact) mass is 219 g/mol. The van der Waals surface area contributed by atoms with Crippen LogP contribution in [0.5, 0.6) is 0 Å². The number of aromatic nitrogens is 2. The van der Waals surface area contributed by atoms with Crippen molar-refractivity contribution in [1.29, 1.82) is 0 Å². The number of nitrogen functional groups attached to an aromatic ring is 1. The fourth-order valence-corrected chi connectivity index (χ4v) is 1.64. The normalized spacial score (nSPS) is 11.0. The Morgan fingerprint density at radius 1 is 1.31 bits per heavy atom. The molecule has 1 aromatic carbocycles. The van der Waals surface area contributed by atoms with Crippen LogP contribution in [0.1, 0.15) is 25.3 Å². The first kappa shape index (κ1) is 10.7. The lowest BCUT2D eigenvalue weighted by molar-refractivity contribution is 0.598. The molecule has 0 saturated heterocycles.